The number of carbonyl (C=O) groups is 1. The number of halogens is 1. The monoisotopic (exact) mass is 366 g/mol. The molecule has 2 aromatic rings. The van der Waals surface area contributed by atoms with E-state index in [1.807, 2.05) is 35.2 Å². The molecule has 1 aliphatic heterocycles. The molecule has 1 unspecified atom stereocenters. The SMILES string of the molecule is COc1ccc(-c2cc(C(=O)N3CCCC3CN)sc2C)cc1.Cl. The summed E-state index contributed by atoms with van der Waals surface area (Å²) in [6, 6.07) is 10.1. The number of methoxy groups -OCH3 is 1. The number of rotatable bonds is 4. The van der Waals surface area contributed by atoms with Gasteiger partial charge in [0.25, 0.3) is 5.91 Å². The summed E-state index contributed by atoms with van der Waals surface area (Å²) in [6.07, 6.45) is 2.06. The van der Waals surface area contributed by atoms with Gasteiger partial charge in [-0.05, 0) is 49.1 Å². The number of nitrogens with zero attached hydrogens (tertiary/aromatic N) is 1. The van der Waals surface area contributed by atoms with Crippen molar-refractivity contribution >= 4 is 29.7 Å². The molecule has 1 saturated heterocycles. The average molecular weight is 367 g/mol. The highest BCUT2D eigenvalue weighted by Gasteiger charge is 2.29. The Kier molecular flexibility index (Phi) is 6.27. The van der Waals surface area contributed by atoms with Gasteiger partial charge < -0.3 is 15.4 Å². The van der Waals surface area contributed by atoms with Crippen LogP contribution in [0.15, 0.2) is 30.3 Å². The van der Waals surface area contributed by atoms with E-state index >= 15 is 0 Å². The number of ether oxygens (including phenoxy) is 1. The molecular weight excluding hydrogens is 344 g/mol. The van der Waals surface area contributed by atoms with Crippen molar-refractivity contribution < 1.29 is 9.53 Å². The van der Waals surface area contributed by atoms with Gasteiger partial charge in [-0.15, -0.1) is 23.7 Å². The van der Waals surface area contributed by atoms with Crippen molar-refractivity contribution in [3.63, 3.8) is 0 Å². The van der Waals surface area contributed by atoms with Crippen LogP contribution in [0, 0.1) is 6.92 Å². The molecule has 2 heterocycles. The molecule has 0 spiro atoms. The molecule has 0 aliphatic carbocycles. The Balaban J connectivity index is 0.00000208. The Morgan fingerprint density at radius 3 is 2.71 bits per heavy atom. The van der Waals surface area contributed by atoms with Crippen LogP contribution in [0.4, 0.5) is 0 Å². The van der Waals surface area contributed by atoms with Gasteiger partial charge in [0.05, 0.1) is 12.0 Å². The first kappa shape index (κ1) is 18.8. The Bertz CT molecular complexity index is 700. The van der Waals surface area contributed by atoms with E-state index in [2.05, 4.69) is 6.92 Å². The van der Waals surface area contributed by atoms with Crippen molar-refractivity contribution in [3.05, 3.63) is 40.1 Å². The number of benzene rings is 1. The Morgan fingerprint density at radius 2 is 2.08 bits per heavy atom. The fourth-order valence-electron chi connectivity index (χ4n) is 3.13. The fourth-order valence-corrected chi connectivity index (χ4v) is 4.13. The first-order valence-corrected chi connectivity index (χ1v) is 8.71. The number of hydrogen-bond acceptors (Lipinski definition) is 4. The largest absolute Gasteiger partial charge is 0.497 e. The first-order chi connectivity index (χ1) is 11.1. The van der Waals surface area contributed by atoms with Gasteiger partial charge in [-0.3, -0.25) is 4.79 Å². The maximum atomic E-state index is 12.8. The van der Waals surface area contributed by atoms with Crippen LogP contribution in [-0.4, -0.2) is 37.0 Å². The highest BCUT2D eigenvalue weighted by atomic mass is 35.5. The Morgan fingerprint density at radius 1 is 1.38 bits per heavy atom. The summed E-state index contributed by atoms with van der Waals surface area (Å²) in [7, 11) is 1.66. The van der Waals surface area contributed by atoms with Crippen LogP contribution < -0.4 is 10.5 Å². The third-order valence-corrected chi connectivity index (χ3v) is 5.48. The van der Waals surface area contributed by atoms with Gasteiger partial charge in [-0.25, -0.2) is 0 Å². The van der Waals surface area contributed by atoms with E-state index < -0.39 is 0 Å². The first-order valence-electron chi connectivity index (χ1n) is 7.90. The van der Waals surface area contributed by atoms with Gasteiger partial charge in [-0.1, -0.05) is 12.1 Å². The maximum Gasteiger partial charge on any atom is 0.264 e. The molecule has 24 heavy (non-hydrogen) atoms. The quantitative estimate of drug-likeness (QED) is 0.897. The zero-order valence-corrected chi connectivity index (χ0v) is 15.6. The van der Waals surface area contributed by atoms with E-state index in [0.29, 0.717) is 6.54 Å². The number of carbonyl (C=O) groups excluding carboxylic acids is 1. The predicted molar refractivity (Wildman–Crippen MR) is 101 cm³/mol. The third-order valence-electron chi connectivity index (χ3n) is 4.44. The van der Waals surface area contributed by atoms with Crippen molar-refractivity contribution in [1.29, 1.82) is 0 Å². The lowest BCUT2D eigenvalue weighted by Gasteiger charge is -2.22. The fraction of sp³-hybridized carbons (Fsp3) is 0.389. The molecule has 0 bridgehead atoms. The van der Waals surface area contributed by atoms with Crippen LogP contribution >= 0.6 is 23.7 Å². The van der Waals surface area contributed by atoms with E-state index in [1.54, 1.807) is 18.4 Å². The molecule has 0 radical (unpaired) electrons. The highest BCUT2D eigenvalue weighted by molar-refractivity contribution is 7.14. The van der Waals surface area contributed by atoms with E-state index in [4.69, 9.17) is 10.5 Å². The maximum absolute atomic E-state index is 12.8. The molecular formula is C18H23ClN2O2S. The van der Waals surface area contributed by atoms with Crippen LogP contribution in [0.5, 0.6) is 5.75 Å². The molecule has 1 aromatic carbocycles. The van der Waals surface area contributed by atoms with Crippen LogP contribution in [-0.2, 0) is 0 Å². The summed E-state index contributed by atoms with van der Waals surface area (Å²) in [5, 5.41) is 0. The number of likely N-dealkylation sites (tertiary alicyclic amines) is 1. The molecule has 1 fully saturated rings. The zero-order chi connectivity index (χ0) is 16.4. The molecule has 1 aromatic heterocycles. The van der Waals surface area contributed by atoms with E-state index in [-0.39, 0.29) is 24.4 Å². The predicted octanol–water partition coefficient (Wildman–Crippen LogP) is 3.72. The summed E-state index contributed by atoms with van der Waals surface area (Å²) in [5.74, 6) is 0.951. The van der Waals surface area contributed by atoms with Crippen molar-refractivity contribution in [1.82, 2.24) is 4.90 Å². The summed E-state index contributed by atoms with van der Waals surface area (Å²) in [6.45, 7) is 3.42. The average Bonchev–Trinajstić information content (AvgIpc) is 3.20. The highest BCUT2D eigenvalue weighted by Crippen LogP contribution is 2.33. The number of amides is 1. The minimum atomic E-state index is 0. The Labute approximate surface area is 153 Å². The van der Waals surface area contributed by atoms with Crippen LogP contribution in [0.2, 0.25) is 0 Å². The second-order valence-electron chi connectivity index (χ2n) is 5.84. The van der Waals surface area contributed by atoms with Gasteiger partial charge in [0.2, 0.25) is 0 Å². The van der Waals surface area contributed by atoms with E-state index in [1.165, 1.54) is 0 Å². The third kappa shape index (κ3) is 3.58. The number of hydrogen-bond donors (Lipinski definition) is 1. The van der Waals surface area contributed by atoms with Crippen LogP contribution in [0.1, 0.15) is 27.4 Å². The summed E-state index contributed by atoms with van der Waals surface area (Å²) < 4.78 is 5.20. The lowest BCUT2D eigenvalue weighted by Crippen LogP contribution is -2.39. The normalized spacial score (nSPS) is 16.8. The number of nitrogens with two attached hydrogens (primary N) is 1. The van der Waals surface area contributed by atoms with Crippen molar-refractivity contribution in [2.45, 2.75) is 25.8 Å². The second-order valence-corrected chi connectivity index (χ2v) is 7.10. The molecule has 0 saturated carbocycles. The summed E-state index contributed by atoms with van der Waals surface area (Å²) in [4.78, 5) is 16.7. The van der Waals surface area contributed by atoms with Gasteiger partial charge in [0, 0.05) is 24.0 Å². The lowest BCUT2D eigenvalue weighted by molar-refractivity contribution is 0.0746. The van der Waals surface area contributed by atoms with Gasteiger partial charge >= 0.3 is 0 Å². The van der Waals surface area contributed by atoms with Gasteiger partial charge in [0.1, 0.15) is 5.75 Å². The standard InChI is InChI=1S/C18H22N2O2S.ClH/c1-12-16(13-5-7-15(22-2)8-6-13)10-17(23-12)18(21)20-9-3-4-14(20)11-19;/h5-8,10,14H,3-4,9,11,19H2,1-2H3;1H. The molecule has 1 aliphatic rings. The molecule has 2 N–H and O–H groups in total. The van der Waals surface area contributed by atoms with Crippen molar-refractivity contribution in [3.8, 4) is 16.9 Å². The molecule has 6 heteroatoms. The molecule has 3 rings (SSSR count). The minimum Gasteiger partial charge on any atom is -0.497 e. The van der Waals surface area contributed by atoms with Gasteiger partial charge in [0.15, 0.2) is 0 Å². The molecule has 1 amide bonds. The van der Waals surface area contributed by atoms with Crippen LogP contribution in [0.3, 0.4) is 0 Å². The van der Waals surface area contributed by atoms with Crippen molar-refractivity contribution in [2.75, 3.05) is 20.2 Å². The van der Waals surface area contributed by atoms with Gasteiger partial charge in [-0.2, -0.15) is 0 Å². The summed E-state index contributed by atoms with van der Waals surface area (Å²) in [5.41, 5.74) is 8.01. The van der Waals surface area contributed by atoms with E-state index in [0.717, 1.165) is 46.0 Å². The zero-order valence-electron chi connectivity index (χ0n) is 14.0. The van der Waals surface area contributed by atoms with E-state index in [9.17, 15) is 4.79 Å². The number of aryl methyl sites for hydroxylation is 1. The minimum absolute atomic E-state index is 0. The lowest BCUT2D eigenvalue weighted by atomic mass is 10.1. The second kappa shape index (κ2) is 8.01. The molecule has 130 valence electrons. The summed E-state index contributed by atoms with van der Waals surface area (Å²) >= 11 is 1.56. The van der Waals surface area contributed by atoms with Crippen LogP contribution in [0.25, 0.3) is 11.1 Å². The van der Waals surface area contributed by atoms with Crippen molar-refractivity contribution in [2.24, 2.45) is 5.73 Å². The smallest absolute Gasteiger partial charge is 0.264 e. The number of thiophene rings is 1. The Hall–Kier alpha value is -1.56. The molecule has 4 nitrogen and oxygen atoms in total. The topological polar surface area (TPSA) is 55.6 Å². The molecule has 1 atom stereocenters.